The first kappa shape index (κ1) is 19.9. The van der Waals surface area contributed by atoms with Crippen LogP contribution in [0.5, 0.6) is 11.5 Å². The smallest absolute Gasteiger partial charge is 0.258 e. The second-order valence-corrected chi connectivity index (χ2v) is 7.93. The number of fused-ring (bicyclic) bond motifs is 1. The molecule has 3 rings (SSSR count). The number of nitrogens with zero attached hydrogens (tertiary/aromatic N) is 2. The summed E-state index contributed by atoms with van der Waals surface area (Å²) in [6, 6.07) is 9.46. The first-order valence-electron chi connectivity index (χ1n) is 8.18. The van der Waals surface area contributed by atoms with Gasteiger partial charge in [0, 0.05) is 15.5 Å². The van der Waals surface area contributed by atoms with Crippen LogP contribution in [0, 0.1) is 0 Å². The lowest BCUT2D eigenvalue weighted by molar-refractivity contribution is 0.308. The molecule has 1 aromatic heterocycles. The summed E-state index contributed by atoms with van der Waals surface area (Å²) in [7, 11) is 5.20. The lowest BCUT2D eigenvalue weighted by Gasteiger charge is -2.17. The van der Waals surface area contributed by atoms with Gasteiger partial charge in [0.05, 0.1) is 31.7 Å². The van der Waals surface area contributed by atoms with Gasteiger partial charge in [0.1, 0.15) is 5.82 Å². The van der Waals surface area contributed by atoms with Gasteiger partial charge in [0.15, 0.2) is 11.5 Å². The molecule has 0 aliphatic heterocycles. The minimum absolute atomic E-state index is 0.156. The Morgan fingerprint density at radius 3 is 2.52 bits per heavy atom. The predicted molar refractivity (Wildman–Crippen MR) is 112 cm³/mol. The van der Waals surface area contributed by atoms with E-state index in [1.165, 1.54) is 0 Å². The predicted octanol–water partition coefficient (Wildman–Crippen LogP) is 4.10. The fourth-order valence-electron chi connectivity index (χ4n) is 2.89. The van der Waals surface area contributed by atoms with E-state index in [2.05, 4.69) is 46.7 Å². The number of halogens is 2. The molecule has 0 saturated heterocycles. The number of nitrogens with one attached hydrogen (secondary N) is 1. The van der Waals surface area contributed by atoms with E-state index in [0.29, 0.717) is 41.3 Å². The quantitative estimate of drug-likeness (QED) is 0.556. The van der Waals surface area contributed by atoms with Gasteiger partial charge in [-0.25, -0.2) is 4.98 Å². The molecule has 6 nitrogen and oxygen atoms in total. The summed E-state index contributed by atoms with van der Waals surface area (Å²) in [6.07, 6.45) is 0. The summed E-state index contributed by atoms with van der Waals surface area (Å²) in [5.74, 6) is 1.99. The fourth-order valence-corrected chi connectivity index (χ4v) is 4.21. The Morgan fingerprint density at radius 2 is 1.81 bits per heavy atom. The molecule has 8 heteroatoms. The first-order valence-corrected chi connectivity index (χ1v) is 9.77. The van der Waals surface area contributed by atoms with E-state index >= 15 is 0 Å². The van der Waals surface area contributed by atoms with Crippen LogP contribution in [0.1, 0.15) is 11.4 Å². The Bertz CT molecular complexity index is 1040. The number of ether oxygens (including phenoxy) is 2. The number of benzene rings is 2. The van der Waals surface area contributed by atoms with E-state index in [9.17, 15) is 4.79 Å². The molecule has 1 heterocycles. The van der Waals surface area contributed by atoms with Crippen molar-refractivity contribution in [1.29, 1.82) is 0 Å². The van der Waals surface area contributed by atoms with Crippen LogP contribution < -0.4 is 15.0 Å². The molecule has 0 fully saturated rings. The van der Waals surface area contributed by atoms with Crippen molar-refractivity contribution in [2.75, 3.05) is 21.3 Å². The average Bonchev–Trinajstić information content (AvgIpc) is 2.62. The maximum Gasteiger partial charge on any atom is 0.258 e. The van der Waals surface area contributed by atoms with Crippen molar-refractivity contribution >= 4 is 42.8 Å². The number of hydrogen-bond acceptors (Lipinski definition) is 5. The van der Waals surface area contributed by atoms with Crippen molar-refractivity contribution in [3.05, 3.63) is 61.0 Å². The second kappa shape index (κ2) is 8.41. The molecule has 0 saturated carbocycles. The zero-order valence-corrected chi connectivity index (χ0v) is 18.3. The molecule has 0 aliphatic carbocycles. The third kappa shape index (κ3) is 4.51. The summed E-state index contributed by atoms with van der Waals surface area (Å²) >= 11 is 6.88. The van der Waals surface area contributed by atoms with Gasteiger partial charge in [-0.15, -0.1) is 0 Å². The van der Waals surface area contributed by atoms with Crippen molar-refractivity contribution in [2.45, 2.75) is 13.1 Å². The lowest BCUT2D eigenvalue weighted by Crippen LogP contribution is -2.22. The molecule has 2 aromatic carbocycles. The van der Waals surface area contributed by atoms with Crippen molar-refractivity contribution < 1.29 is 9.47 Å². The van der Waals surface area contributed by atoms with Gasteiger partial charge in [-0.2, -0.15) is 0 Å². The summed E-state index contributed by atoms with van der Waals surface area (Å²) in [6.45, 7) is 1.17. The average molecular weight is 497 g/mol. The van der Waals surface area contributed by atoms with Crippen LogP contribution in [0.3, 0.4) is 0 Å². The Balaban J connectivity index is 1.82. The normalized spacial score (nSPS) is 11.2. The van der Waals surface area contributed by atoms with E-state index in [4.69, 9.17) is 9.47 Å². The molecule has 27 heavy (non-hydrogen) atoms. The van der Waals surface area contributed by atoms with E-state index in [0.717, 1.165) is 14.5 Å². The van der Waals surface area contributed by atoms with Gasteiger partial charge in [-0.05, 0) is 52.8 Å². The maximum absolute atomic E-state index is 12.4. The van der Waals surface area contributed by atoms with Gasteiger partial charge in [-0.3, -0.25) is 9.69 Å². The molecule has 142 valence electrons. The minimum atomic E-state index is -0.156. The number of H-pyrrole nitrogens is 1. The van der Waals surface area contributed by atoms with Crippen LogP contribution in [0.2, 0.25) is 0 Å². The molecular weight excluding hydrogens is 478 g/mol. The highest BCUT2D eigenvalue weighted by atomic mass is 79.9. The molecule has 3 aromatic rings. The monoisotopic (exact) mass is 495 g/mol. The van der Waals surface area contributed by atoms with Crippen LogP contribution in [0.15, 0.2) is 44.1 Å². The van der Waals surface area contributed by atoms with E-state index in [1.54, 1.807) is 20.3 Å². The zero-order chi connectivity index (χ0) is 19.6. The molecule has 0 unspecified atom stereocenters. The molecule has 1 N–H and O–H groups in total. The Labute approximate surface area is 173 Å². The lowest BCUT2D eigenvalue weighted by atomic mass is 10.2. The van der Waals surface area contributed by atoms with Gasteiger partial charge in [-0.1, -0.05) is 22.0 Å². The third-order valence-corrected chi connectivity index (χ3v) is 5.16. The summed E-state index contributed by atoms with van der Waals surface area (Å²) < 4.78 is 12.2. The largest absolute Gasteiger partial charge is 0.493 e. The number of aromatic nitrogens is 2. The van der Waals surface area contributed by atoms with Crippen LogP contribution in [-0.2, 0) is 13.1 Å². The van der Waals surface area contributed by atoms with E-state index < -0.39 is 0 Å². The molecule has 0 spiro atoms. The van der Waals surface area contributed by atoms with Crippen LogP contribution >= 0.6 is 31.9 Å². The Kier molecular flexibility index (Phi) is 6.18. The third-order valence-electron chi connectivity index (χ3n) is 4.10. The van der Waals surface area contributed by atoms with Gasteiger partial charge in [0.2, 0.25) is 0 Å². The number of aromatic amines is 1. The van der Waals surface area contributed by atoms with Crippen molar-refractivity contribution in [1.82, 2.24) is 14.9 Å². The van der Waals surface area contributed by atoms with Crippen LogP contribution in [0.4, 0.5) is 0 Å². The van der Waals surface area contributed by atoms with Gasteiger partial charge in [0.25, 0.3) is 5.56 Å². The highest BCUT2D eigenvalue weighted by Gasteiger charge is 2.11. The zero-order valence-electron chi connectivity index (χ0n) is 15.2. The summed E-state index contributed by atoms with van der Waals surface area (Å²) in [5, 5.41) is 0.544. The topological polar surface area (TPSA) is 67.5 Å². The van der Waals surface area contributed by atoms with Crippen LogP contribution in [0.25, 0.3) is 10.9 Å². The van der Waals surface area contributed by atoms with Crippen molar-refractivity contribution in [2.24, 2.45) is 0 Å². The van der Waals surface area contributed by atoms with E-state index in [1.807, 2.05) is 31.3 Å². The van der Waals surface area contributed by atoms with Crippen molar-refractivity contribution in [3.8, 4) is 11.5 Å². The van der Waals surface area contributed by atoms with Gasteiger partial charge >= 0.3 is 0 Å². The Morgan fingerprint density at radius 1 is 1.07 bits per heavy atom. The highest BCUT2D eigenvalue weighted by molar-refractivity contribution is 9.11. The number of methoxy groups -OCH3 is 2. The molecular formula is C19H19Br2N3O3. The highest BCUT2D eigenvalue weighted by Crippen LogP contribution is 2.28. The molecule has 0 atom stereocenters. The minimum Gasteiger partial charge on any atom is -0.493 e. The van der Waals surface area contributed by atoms with Crippen LogP contribution in [-0.4, -0.2) is 36.1 Å². The molecule has 0 aliphatic rings. The standard InChI is InChI=1S/C19H19Br2N3O3/c1-24(9-11-4-5-15(26-2)16(6-11)27-3)10-17-22-18-13(19(25)23-17)7-12(20)8-14(18)21/h4-8H,9-10H2,1-3H3,(H,22,23,25). The Hall–Kier alpha value is -1.90. The van der Waals surface area contributed by atoms with Gasteiger partial charge < -0.3 is 14.5 Å². The molecule has 0 amide bonds. The number of hydrogen-bond donors (Lipinski definition) is 1. The summed E-state index contributed by atoms with van der Waals surface area (Å²) in [4.78, 5) is 22.0. The SMILES string of the molecule is COc1ccc(CN(C)Cc2nc3c(Br)cc(Br)cc3c(=O)[nH]2)cc1OC. The first-order chi connectivity index (χ1) is 12.9. The number of rotatable bonds is 6. The second-order valence-electron chi connectivity index (χ2n) is 6.16. The molecule has 0 bridgehead atoms. The fraction of sp³-hybridized carbons (Fsp3) is 0.263. The van der Waals surface area contributed by atoms with Crippen molar-refractivity contribution in [3.63, 3.8) is 0 Å². The van der Waals surface area contributed by atoms with E-state index in [-0.39, 0.29) is 5.56 Å². The molecule has 0 radical (unpaired) electrons. The summed E-state index contributed by atoms with van der Waals surface area (Å²) in [5.41, 5.74) is 1.57. The maximum atomic E-state index is 12.4.